The summed E-state index contributed by atoms with van der Waals surface area (Å²) in [5, 5.41) is 11.3. The number of carbonyl (C=O) groups excluding carboxylic acids is 1. The van der Waals surface area contributed by atoms with E-state index in [-0.39, 0.29) is 11.7 Å². The fourth-order valence-corrected chi connectivity index (χ4v) is 17.4. The number of anilines is 14. The molecule has 0 amide bonds. The summed E-state index contributed by atoms with van der Waals surface area (Å²) in [6, 6.07) is 88.4. The Morgan fingerprint density at radius 2 is 0.691 bits per heavy atom. The summed E-state index contributed by atoms with van der Waals surface area (Å²) in [4.78, 5) is 28.4. The van der Waals surface area contributed by atoms with Crippen LogP contribution in [0.1, 0.15) is 50.0 Å². The monoisotopic (exact) mass is 1160 g/mol. The molecule has 0 radical (unpaired) electrons. The molecule has 1 atom stereocenters. The van der Waals surface area contributed by atoms with E-state index in [2.05, 4.69) is 249 Å². The first-order chi connectivity index (χ1) is 40.1. The molecule has 81 heavy (non-hydrogen) atoms. The zero-order valence-electron chi connectivity index (χ0n) is 43.7. The number of para-hydroxylation sites is 4. The van der Waals surface area contributed by atoms with Gasteiger partial charge in [0.2, 0.25) is 0 Å². The smallest absolute Gasteiger partial charge is 0.193 e. The molecule has 6 nitrogen and oxygen atoms in total. The number of hydrogen-bond acceptors (Lipinski definition) is 12. The van der Waals surface area contributed by atoms with E-state index in [0.29, 0.717) is 11.1 Å². The third kappa shape index (κ3) is 10.3. The van der Waals surface area contributed by atoms with E-state index in [9.17, 15) is 4.79 Å². The lowest BCUT2D eigenvalue weighted by atomic mass is 9.91. The number of rotatable bonds is 8. The highest BCUT2D eigenvalue weighted by Gasteiger charge is 2.29. The van der Waals surface area contributed by atoms with Crippen molar-refractivity contribution in [2.45, 2.75) is 25.2 Å². The van der Waals surface area contributed by atoms with Gasteiger partial charge in [0.1, 0.15) is 50.0 Å². The van der Waals surface area contributed by atoms with Crippen molar-refractivity contribution in [2.24, 2.45) is 0 Å². The average molecular weight is 1160 g/mol. The van der Waals surface area contributed by atoms with E-state index in [4.69, 9.17) is 0 Å². The fourth-order valence-electron chi connectivity index (χ4n) is 10.6. The first kappa shape index (κ1) is 50.9. The Hall–Kier alpha value is -8.33. The highest BCUT2D eigenvalue weighted by molar-refractivity contribution is 7.24. The van der Waals surface area contributed by atoms with Gasteiger partial charge in [0.25, 0.3) is 0 Å². The fraction of sp³-hybridized carbons (Fsp3) is 0.0580. The van der Waals surface area contributed by atoms with Gasteiger partial charge in [0.15, 0.2) is 5.78 Å². The number of ketones is 1. The van der Waals surface area contributed by atoms with Crippen molar-refractivity contribution in [1.29, 1.82) is 0 Å². The van der Waals surface area contributed by atoms with Crippen molar-refractivity contribution in [1.82, 2.24) is 0 Å². The van der Waals surface area contributed by atoms with E-state index < -0.39 is 0 Å². The first-order valence-electron chi connectivity index (χ1n) is 26.9. The Bertz CT molecular complexity index is 4160. The predicted molar refractivity (Wildman–Crippen MR) is 349 cm³/mol. The Kier molecular flexibility index (Phi) is 14.2. The molecule has 14 rings (SSSR count). The van der Waals surface area contributed by atoms with Gasteiger partial charge in [-0.3, -0.25) is 29.3 Å². The number of nitrogens with zero attached hydrogens (tertiary/aromatic N) is 5. The van der Waals surface area contributed by atoms with Crippen molar-refractivity contribution in [3.05, 3.63) is 299 Å². The molecule has 0 saturated heterocycles. The molecule has 394 valence electrons. The van der Waals surface area contributed by atoms with Crippen LogP contribution in [0.15, 0.2) is 273 Å². The molecule has 12 aromatic rings. The quantitative estimate of drug-likeness (QED) is 0.141. The first-order valence-corrected chi connectivity index (χ1v) is 31.8. The van der Waals surface area contributed by atoms with Gasteiger partial charge in [0.05, 0.1) is 0 Å². The van der Waals surface area contributed by atoms with Crippen LogP contribution in [-0.4, -0.2) is 5.78 Å². The maximum atomic E-state index is 13.8. The molecule has 1 aliphatic carbocycles. The van der Waals surface area contributed by atoms with Crippen LogP contribution in [0.3, 0.4) is 0 Å². The van der Waals surface area contributed by atoms with Gasteiger partial charge in [-0.1, -0.05) is 185 Å². The number of allylic oxidation sites excluding steroid dienone is 3. The average Bonchev–Trinajstić information content (AvgIpc) is 4.45. The second-order valence-corrected chi connectivity index (χ2v) is 26.0. The third-order valence-electron chi connectivity index (χ3n) is 14.4. The molecule has 2 aliphatic rings. The zero-order valence-corrected chi connectivity index (χ0v) is 48.6. The van der Waals surface area contributed by atoms with Crippen LogP contribution in [0, 0.1) is 0 Å². The third-order valence-corrected chi connectivity index (χ3v) is 20.9. The lowest BCUT2D eigenvalue weighted by molar-refractivity contribution is 0.103. The molecule has 6 aromatic carbocycles. The normalized spacial score (nSPS) is 14.6. The second-order valence-electron chi connectivity index (χ2n) is 19.6. The molecular weight excluding hydrogens is 1110 g/mol. The van der Waals surface area contributed by atoms with Gasteiger partial charge < -0.3 is 0 Å². The van der Waals surface area contributed by atoms with Crippen LogP contribution in [0.25, 0.3) is 0 Å². The highest BCUT2D eigenvalue weighted by Crippen LogP contribution is 2.54. The van der Waals surface area contributed by atoms with Crippen LogP contribution in [0.4, 0.5) is 72.8 Å². The predicted octanol–water partition coefficient (Wildman–Crippen LogP) is 22.2. The summed E-state index contributed by atoms with van der Waals surface area (Å²) < 4.78 is 0. The lowest BCUT2D eigenvalue weighted by Gasteiger charge is -2.26. The van der Waals surface area contributed by atoms with Crippen LogP contribution >= 0.6 is 68.0 Å². The minimum absolute atomic E-state index is 0.00115. The minimum Gasteiger partial charge on any atom is -0.293 e. The van der Waals surface area contributed by atoms with Crippen LogP contribution < -0.4 is 24.5 Å². The maximum Gasteiger partial charge on any atom is 0.193 e. The van der Waals surface area contributed by atoms with E-state index >= 15 is 0 Å². The van der Waals surface area contributed by atoms with Crippen molar-refractivity contribution >= 4 is 147 Å². The van der Waals surface area contributed by atoms with Gasteiger partial charge in [-0.25, -0.2) is 0 Å². The van der Waals surface area contributed by atoms with Crippen molar-refractivity contribution in [3.8, 4) is 0 Å². The Morgan fingerprint density at radius 3 is 1.11 bits per heavy atom. The number of carbonyl (C=O) groups is 1. The lowest BCUT2D eigenvalue weighted by Crippen LogP contribution is -2.13. The van der Waals surface area contributed by atoms with Crippen molar-refractivity contribution in [3.63, 3.8) is 0 Å². The van der Waals surface area contributed by atoms with Gasteiger partial charge in [-0.2, -0.15) is 0 Å². The number of benzene rings is 6. The molecule has 1 aliphatic heterocycles. The van der Waals surface area contributed by atoms with Crippen molar-refractivity contribution in [2.75, 3.05) is 24.5 Å². The van der Waals surface area contributed by atoms with E-state index in [1.165, 1.54) is 15.5 Å². The number of hydrogen-bond donors (Lipinski definition) is 0. The highest BCUT2D eigenvalue weighted by atomic mass is 32.1. The van der Waals surface area contributed by atoms with Gasteiger partial charge in [-0.15, -0.1) is 22.7 Å². The van der Waals surface area contributed by atoms with Gasteiger partial charge in [0, 0.05) is 55.2 Å². The molecule has 7 heterocycles. The van der Waals surface area contributed by atoms with Gasteiger partial charge >= 0.3 is 0 Å². The van der Waals surface area contributed by atoms with Crippen LogP contribution in [0.5, 0.6) is 0 Å². The van der Waals surface area contributed by atoms with E-state index in [1.807, 2.05) is 87.8 Å². The Balaban J connectivity index is 0.951. The summed E-state index contributed by atoms with van der Waals surface area (Å²) in [5.41, 5.74) is 8.09. The zero-order chi connectivity index (χ0) is 54.1. The van der Waals surface area contributed by atoms with Gasteiger partial charge in [-0.05, 0) is 152 Å². The molecule has 0 spiro atoms. The summed E-state index contributed by atoms with van der Waals surface area (Å²) in [5.74, 6) is 0.0211. The second kappa shape index (κ2) is 22.7. The topological polar surface area (TPSA) is 33.3 Å². The summed E-state index contributed by atoms with van der Waals surface area (Å²) in [6.45, 7) is 0. The van der Waals surface area contributed by atoms with E-state index in [1.54, 1.807) is 22.7 Å². The summed E-state index contributed by atoms with van der Waals surface area (Å²) >= 11 is 10.9. The standard InChI is InChI=1S/C69H51N5OS6/c75-69(49-19-7-1-8-20-49)50-33-31-48(32-34-50)57-47-56-35-37-59(76-56)70(51-21-9-2-10-22-51)61-39-41-63(78-61)72(53-25-13-4-14-26-53)65-43-45-67(80-65)74(55-29-17-6-18-30-55)68-46-44-66(81-68)73(54-27-15-5-16-28-54)64-42-40-62(79-64)71(52-23-11-3-12-24-52)60-38-36-58(57)77-60/h1-3,5-13,15-46,57H,4,14,47H2. The summed E-state index contributed by atoms with van der Waals surface area (Å²) in [6.07, 6.45) is 9.75. The molecular formula is C69H51N5OS6. The van der Waals surface area contributed by atoms with Crippen LogP contribution in [0.2, 0.25) is 0 Å². The largest absolute Gasteiger partial charge is 0.293 e. The maximum absolute atomic E-state index is 13.8. The number of thiophene rings is 6. The number of fused-ring (bicyclic) bond motifs is 12. The summed E-state index contributed by atoms with van der Waals surface area (Å²) in [7, 11) is 0. The van der Waals surface area contributed by atoms with E-state index in [0.717, 1.165) is 97.6 Å². The molecule has 6 aromatic heterocycles. The van der Waals surface area contributed by atoms with Crippen molar-refractivity contribution < 1.29 is 4.79 Å². The molecule has 0 fully saturated rings. The Labute approximate surface area is 496 Å². The molecule has 0 saturated carbocycles. The molecule has 0 N–H and O–H groups in total. The minimum atomic E-state index is -0.00115. The van der Waals surface area contributed by atoms with Crippen LogP contribution in [-0.2, 0) is 6.42 Å². The molecule has 12 heteroatoms. The molecule has 12 bridgehead atoms. The SMILES string of the molecule is O=C(c1ccccc1)c1ccc(C2Cc3ccc(s3)N(c3ccccc3)c3ccc(s3)N(C3=CCCC=C3)c3ccc(s3)N(c3ccccc3)c3ccc(s3)N(c3ccccc3)c3ccc(s3)N(c3ccccc3)c3ccc2s3)cc1. The molecule has 1 unspecified atom stereocenters. The Morgan fingerprint density at radius 1 is 0.333 bits per heavy atom.